The molecule has 1 aromatic rings. The van der Waals surface area contributed by atoms with Crippen molar-refractivity contribution in [2.75, 3.05) is 20.2 Å². The summed E-state index contributed by atoms with van der Waals surface area (Å²) in [4.78, 5) is 18.8. The monoisotopic (exact) mass is 304 g/mol. The van der Waals surface area contributed by atoms with E-state index in [9.17, 15) is 9.90 Å². The van der Waals surface area contributed by atoms with E-state index in [-0.39, 0.29) is 11.7 Å². The second kappa shape index (κ2) is 5.81. The van der Waals surface area contributed by atoms with E-state index in [1.165, 1.54) is 18.9 Å². The first kappa shape index (κ1) is 14.0. The molecule has 2 aliphatic heterocycles. The molecule has 0 unspecified atom stereocenters. The van der Waals surface area contributed by atoms with Crippen LogP contribution in [0.25, 0.3) is 6.08 Å². The molecule has 0 spiro atoms. The van der Waals surface area contributed by atoms with Gasteiger partial charge in [-0.15, -0.1) is 0 Å². The van der Waals surface area contributed by atoms with Crippen molar-refractivity contribution in [3.05, 3.63) is 28.7 Å². The molecule has 1 fully saturated rings. The third-order valence-corrected chi connectivity index (χ3v) is 4.53. The molecule has 1 N–H and O–H groups in total. The van der Waals surface area contributed by atoms with Gasteiger partial charge in [-0.25, -0.2) is 0 Å². The van der Waals surface area contributed by atoms with Crippen molar-refractivity contribution in [1.82, 2.24) is 4.90 Å². The van der Waals surface area contributed by atoms with Crippen LogP contribution in [0.15, 0.2) is 28.1 Å². The Hall–Kier alpha value is -1.95. The third-order valence-electron chi connectivity index (χ3n) is 3.49. The van der Waals surface area contributed by atoms with Crippen LogP contribution in [0.5, 0.6) is 11.5 Å². The molecule has 2 aliphatic rings. The predicted molar refractivity (Wildman–Crippen MR) is 83.5 cm³/mol. The number of hydrogen-bond donors (Lipinski definition) is 1. The van der Waals surface area contributed by atoms with Gasteiger partial charge in [-0.1, -0.05) is 6.07 Å². The van der Waals surface area contributed by atoms with Gasteiger partial charge < -0.3 is 14.7 Å². The highest BCUT2D eigenvalue weighted by atomic mass is 32.2. The van der Waals surface area contributed by atoms with Crippen LogP contribution < -0.4 is 4.74 Å². The van der Waals surface area contributed by atoms with Crippen LogP contribution in [0.2, 0.25) is 0 Å². The molecule has 0 atom stereocenters. The minimum Gasteiger partial charge on any atom is -0.504 e. The summed E-state index contributed by atoms with van der Waals surface area (Å²) < 4.78 is 5.00. The number of carbonyl (C=O) groups is 1. The number of aliphatic imine (C=N–C) groups is 1. The molecule has 0 aliphatic carbocycles. The maximum Gasteiger partial charge on any atom is 0.286 e. The smallest absolute Gasteiger partial charge is 0.286 e. The molecular weight excluding hydrogens is 288 g/mol. The number of carbonyl (C=O) groups excluding carboxylic acids is 1. The molecule has 1 amide bonds. The molecule has 1 aromatic carbocycles. The van der Waals surface area contributed by atoms with Crippen LogP contribution in [-0.2, 0) is 4.79 Å². The highest BCUT2D eigenvalue weighted by molar-refractivity contribution is 8.18. The number of hydrogen-bond acceptors (Lipinski definition) is 5. The highest BCUT2D eigenvalue weighted by Gasteiger charge is 2.27. The summed E-state index contributed by atoms with van der Waals surface area (Å²) in [6.07, 6.45) is 4.05. The molecule has 21 heavy (non-hydrogen) atoms. The SMILES string of the molecule is COc1ccc(/C=C2/SC(N3CCCC3)=NC2=O)cc1O. The number of methoxy groups -OCH3 is 1. The van der Waals surface area contributed by atoms with Crippen LogP contribution in [0.1, 0.15) is 18.4 Å². The third kappa shape index (κ3) is 2.90. The van der Waals surface area contributed by atoms with Crippen molar-refractivity contribution < 1.29 is 14.6 Å². The van der Waals surface area contributed by atoms with Gasteiger partial charge in [-0.05, 0) is 48.4 Å². The number of phenolic OH excluding ortho intramolecular Hbond substituents is 1. The zero-order valence-corrected chi connectivity index (χ0v) is 12.5. The topological polar surface area (TPSA) is 62.1 Å². The molecule has 6 heteroatoms. The van der Waals surface area contributed by atoms with Gasteiger partial charge in [0.25, 0.3) is 5.91 Å². The van der Waals surface area contributed by atoms with Crippen LogP contribution >= 0.6 is 11.8 Å². The number of amides is 1. The van der Waals surface area contributed by atoms with E-state index < -0.39 is 0 Å². The Labute approximate surface area is 127 Å². The molecule has 1 saturated heterocycles. The lowest BCUT2D eigenvalue weighted by molar-refractivity contribution is -0.113. The van der Waals surface area contributed by atoms with Gasteiger partial charge in [0.1, 0.15) is 0 Å². The maximum atomic E-state index is 12.0. The van der Waals surface area contributed by atoms with Gasteiger partial charge >= 0.3 is 0 Å². The van der Waals surface area contributed by atoms with Crippen LogP contribution in [0.4, 0.5) is 0 Å². The van der Waals surface area contributed by atoms with Crippen molar-refractivity contribution >= 4 is 28.9 Å². The molecule has 0 radical (unpaired) electrons. The Bertz CT molecular complexity index is 634. The number of aromatic hydroxyl groups is 1. The van der Waals surface area contributed by atoms with Gasteiger partial charge in [0, 0.05) is 13.1 Å². The first-order chi connectivity index (χ1) is 10.2. The summed E-state index contributed by atoms with van der Waals surface area (Å²) in [5.74, 6) is 0.261. The molecule has 0 bridgehead atoms. The zero-order chi connectivity index (χ0) is 14.8. The van der Waals surface area contributed by atoms with Gasteiger partial charge in [0.2, 0.25) is 0 Å². The van der Waals surface area contributed by atoms with Crippen molar-refractivity contribution in [3.63, 3.8) is 0 Å². The van der Waals surface area contributed by atoms with Crippen LogP contribution in [0, 0.1) is 0 Å². The fourth-order valence-corrected chi connectivity index (χ4v) is 3.35. The number of rotatable bonds is 2. The minimum atomic E-state index is -0.211. The zero-order valence-electron chi connectivity index (χ0n) is 11.7. The fraction of sp³-hybridized carbons (Fsp3) is 0.333. The lowest BCUT2D eigenvalue weighted by Gasteiger charge is -2.14. The Morgan fingerprint density at radius 2 is 2.14 bits per heavy atom. The van der Waals surface area contributed by atoms with E-state index >= 15 is 0 Å². The van der Waals surface area contributed by atoms with Crippen molar-refractivity contribution in [3.8, 4) is 11.5 Å². The summed E-state index contributed by atoms with van der Waals surface area (Å²) in [7, 11) is 1.50. The Morgan fingerprint density at radius 1 is 1.38 bits per heavy atom. The van der Waals surface area contributed by atoms with Crippen LogP contribution in [0.3, 0.4) is 0 Å². The lowest BCUT2D eigenvalue weighted by Crippen LogP contribution is -2.23. The van der Waals surface area contributed by atoms with Crippen LogP contribution in [-0.4, -0.2) is 41.3 Å². The number of ether oxygens (including phenoxy) is 1. The summed E-state index contributed by atoms with van der Waals surface area (Å²) in [5, 5.41) is 10.6. The Morgan fingerprint density at radius 3 is 2.81 bits per heavy atom. The molecule has 0 aromatic heterocycles. The van der Waals surface area contributed by atoms with E-state index in [2.05, 4.69) is 9.89 Å². The molecule has 0 saturated carbocycles. The van der Waals surface area contributed by atoms with E-state index in [0.717, 1.165) is 36.7 Å². The van der Waals surface area contributed by atoms with Gasteiger partial charge in [0.05, 0.1) is 12.0 Å². The van der Waals surface area contributed by atoms with E-state index in [4.69, 9.17) is 4.74 Å². The van der Waals surface area contributed by atoms with Gasteiger partial charge in [-0.3, -0.25) is 4.79 Å². The highest BCUT2D eigenvalue weighted by Crippen LogP contribution is 2.33. The average molecular weight is 304 g/mol. The summed E-state index contributed by atoms with van der Waals surface area (Å²) in [6.45, 7) is 1.94. The standard InChI is InChI=1S/C15H16N2O3S/c1-20-12-5-4-10(8-11(12)18)9-13-14(19)16-15(21-13)17-6-2-3-7-17/h4-5,8-9,18H,2-3,6-7H2,1H3/b13-9+. The average Bonchev–Trinajstić information content (AvgIpc) is 3.10. The minimum absolute atomic E-state index is 0.0583. The first-order valence-corrected chi connectivity index (χ1v) is 7.63. The van der Waals surface area contributed by atoms with Crippen molar-refractivity contribution in [2.45, 2.75) is 12.8 Å². The second-order valence-corrected chi connectivity index (χ2v) is 5.94. The van der Waals surface area contributed by atoms with Gasteiger partial charge in [-0.2, -0.15) is 4.99 Å². The summed E-state index contributed by atoms with van der Waals surface area (Å²) >= 11 is 1.40. The number of phenols is 1. The Balaban J connectivity index is 1.78. The molecule has 3 rings (SSSR count). The lowest BCUT2D eigenvalue weighted by atomic mass is 10.2. The summed E-state index contributed by atoms with van der Waals surface area (Å²) in [6, 6.07) is 5.05. The van der Waals surface area contributed by atoms with E-state index in [1.54, 1.807) is 24.3 Å². The first-order valence-electron chi connectivity index (χ1n) is 6.82. The molecule has 110 valence electrons. The van der Waals surface area contributed by atoms with Crippen molar-refractivity contribution in [1.29, 1.82) is 0 Å². The Kier molecular flexibility index (Phi) is 3.88. The molecule has 5 nitrogen and oxygen atoms in total. The number of benzene rings is 1. The maximum absolute atomic E-state index is 12.0. The van der Waals surface area contributed by atoms with Crippen molar-refractivity contribution in [2.24, 2.45) is 4.99 Å². The van der Waals surface area contributed by atoms with E-state index in [0.29, 0.717) is 10.7 Å². The van der Waals surface area contributed by atoms with E-state index in [1.807, 2.05) is 0 Å². The molecular formula is C15H16N2O3S. The number of likely N-dealkylation sites (tertiary alicyclic amines) is 1. The second-order valence-electron chi connectivity index (χ2n) is 4.94. The number of amidine groups is 1. The predicted octanol–water partition coefficient (Wildman–Crippen LogP) is 2.47. The quantitative estimate of drug-likeness (QED) is 0.850. The number of thioether (sulfide) groups is 1. The largest absolute Gasteiger partial charge is 0.504 e. The molecule has 2 heterocycles. The normalized spacial score (nSPS) is 20.2. The summed E-state index contributed by atoms with van der Waals surface area (Å²) in [5.41, 5.74) is 0.752. The number of nitrogens with zero attached hydrogens (tertiary/aromatic N) is 2. The van der Waals surface area contributed by atoms with Gasteiger partial charge in [0.15, 0.2) is 16.7 Å². The fourth-order valence-electron chi connectivity index (χ4n) is 2.39.